The molecule has 4 aromatic rings. The lowest BCUT2D eigenvalue weighted by Gasteiger charge is -2.30. The van der Waals surface area contributed by atoms with Gasteiger partial charge in [-0.2, -0.15) is 0 Å². The number of aromatic nitrogens is 2. The highest BCUT2D eigenvalue weighted by Gasteiger charge is 2.41. The van der Waals surface area contributed by atoms with Crippen LogP contribution in [0.15, 0.2) is 47.4 Å². The van der Waals surface area contributed by atoms with Gasteiger partial charge in [0, 0.05) is 56.2 Å². The molecule has 10 heteroatoms. The van der Waals surface area contributed by atoms with Crippen LogP contribution in [0.2, 0.25) is 0 Å². The lowest BCUT2D eigenvalue weighted by molar-refractivity contribution is 0.0873. The van der Waals surface area contributed by atoms with Crippen LogP contribution < -0.4 is 9.80 Å². The first kappa shape index (κ1) is 17.1. The van der Waals surface area contributed by atoms with Crippen LogP contribution in [0, 0.1) is 0 Å². The summed E-state index contributed by atoms with van der Waals surface area (Å²) in [6.07, 6.45) is 3.03. The fraction of sp³-hybridized carbons (Fsp3) is 0. The molecular weight excluding hydrogens is 424 g/mol. The van der Waals surface area contributed by atoms with Crippen LogP contribution in [-0.2, 0) is 0 Å². The van der Waals surface area contributed by atoms with Gasteiger partial charge in [0.25, 0.3) is 23.6 Å². The normalized spacial score (nSPS) is 15.5. The molecule has 0 fully saturated rings. The molecule has 0 N–H and O–H groups in total. The summed E-state index contributed by atoms with van der Waals surface area (Å²) in [7, 11) is 0. The number of rotatable bonds is 2. The van der Waals surface area contributed by atoms with Gasteiger partial charge < -0.3 is 0 Å². The van der Waals surface area contributed by atoms with Gasteiger partial charge >= 0.3 is 0 Å². The molecule has 0 unspecified atom stereocenters. The number of thiazole rings is 2. The van der Waals surface area contributed by atoms with E-state index in [1.165, 1.54) is 59.3 Å². The van der Waals surface area contributed by atoms with Gasteiger partial charge in [-0.1, -0.05) is 0 Å². The van der Waals surface area contributed by atoms with Crippen molar-refractivity contribution >= 4 is 67.3 Å². The minimum atomic E-state index is -0.534. The van der Waals surface area contributed by atoms with Crippen molar-refractivity contribution in [3.63, 3.8) is 0 Å². The SMILES string of the molecule is O=C1c2ccc3c4c(ccc(c24)C(=O)N1c1nccs1)C(=O)N(c1nccs1)C3=O. The number of hydrogen-bond acceptors (Lipinski definition) is 8. The zero-order valence-electron chi connectivity index (χ0n) is 14.9. The minimum absolute atomic E-state index is 0.253. The number of nitrogens with zero attached hydrogens (tertiary/aromatic N) is 4. The second-order valence-electron chi connectivity index (χ2n) is 6.59. The van der Waals surface area contributed by atoms with Crippen LogP contribution >= 0.6 is 22.7 Å². The molecule has 0 radical (unpaired) electrons. The largest absolute Gasteiger partial charge is 0.268 e. The standard InChI is InChI=1S/C20H8N4O4S2/c25-15-9-1-2-10-14-12(18(28)24(16(10)26)20-22-6-8-30-20)4-3-11(13(9)14)17(27)23(15)19-21-5-7-29-19/h1-8H. The summed E-state index contributed by atoms with van der Waals surface area (Å²) in [5, 5.41) is 4.55. The molecule has 2 aromatic heterocycles. The number of carbonyl (C=O) groups is 4. The summed E-state index contributed by atoms with van der Waals surface area (Å²) >= 11 is 2.35. The fourth-order valence-electron chi connectivity index (χ4n) is 3.87. The molecule has 0 saturated carbocycles. The molecule has 144 valence electrons. The Balaban J connectivity index is 1.63. The molecule has 4 amide bonds. The number of anilines is 2. The molecule has 2 aliphatic heterocycles. The maximum absolute atomic E-state index is 13.1. The molecule has 0 bridgehead atoms. The van der Waals surface area contributed by atoms with Crippen LogP contribution in [0.4, 0.5) is 10.3 Å². The van der Waals surface area contributed by atoms with E-state index in [4.69, 9.17) is 0 Å². The van der Waals surface area contributed by atoms with E-state index in [1.54, 1.807) is 10.8 Å². The van der Waals surface area contributed by atoms with E-state index in [0.29, 0.717) is 10.8 Å². The molecule has 0 atom stereocenters. The van der Waals surface area contributed by atoms with Crippen molar-refractivity contribution in [2.75, 3.05) is 9.80 Å². The third-order valence-corrected chi connectivity index (χ3v) is 6.63. The lowest BCUT2D eigenvalue weighted by Crippen LogP contribution is -2.43. The molecule has 0 spiro atoms. The summed E-state index contributed by atoms with van der Waals surface area (Å²) < 4.78 is 0. The van der Waals surface area contributed by atoms with Crippen LogP contribution in [-0.4, -0.2) is 33.6 Å². The number of imide groups is 2. The van der Waals surface area contributed by atoms with Gasteiger partial charge in [-0.05, 0) is 24.3 Å². The Morgan fingerprint density at radius 2 is 0.900 bits per heavy atom. The van der Waals surface area contributed by atoms with Gasteiger partial charge in [0.15, 0.2) is 10.3 Å². The monoisotopic (exact) mass is 432 g/mol. The van der Waals surface area contributed by atoms with Gasteiger partial charge in [-0.25, -0.2) is 19.8 Å². The van der Waals surface area contributed by atoms with Crippen LogP contribution in [0.1, 0.15) is 41.4 Å². The quantitative estimate of drug-likeness (QED) is 0.450. The first-order valence-electron chi connectivity index (χ1n) is 8.74. The van der Waals surface area contributed by atoms with Gasteiger partial charge in [0.2, 0.25) is 0 Å². The molecule has 0 saturated heterocycles. The molecule has 30 heavy (non-hydrogen) atoms. The van der Waals surface area contributed by atoms with E-state index in [-0.39, 0.29) is 32.5 Å². The van der Waals surface area contributed by atoms with Gasteiger partial charge in [0.05, 0.1) is 0 Å². The van der Waals surface area contributed by atoms with Crippen molar-refractivity contribution in [2.45, 2.75) is 0 Å². The summed E-state index contributed by atoms with van der Waals surface area (Å²) in [6, 6.07) is 6.09. The van der Waals surface area contributed by atoms with Crippen LogP contribution in [0.5, 0.6) is 0 Å². The first-order chi connectivity index (χ1) is 14.6. The molecule has 6 rings (SSSR count). The molecule has 8 nitrogen and oxygen atoms in total. The van der Waals surface area contributed by atoms with E-state index in [1.807, 2.05) is 0 Å². The smallest absolute Gasteiger partial charge is 0.267 e. The van der Waals surface area contributed by atoms with Gasteiger partial charge in [0.1, 0.15) is 0 Å². The van der Waals surface area contributed by atoms with Gasteiger partial charge in [-0.3, -0.25) is 19.2 Å². The van der Waals surface area contributed by atoms with Crippen molar-refractivity contribution in [2.24, 2.45) is 0 Å². The van der Waals surface area contributed by atoms with E-state index in [2.05, 4.69) is 9.97 Å². The van der Waals surface area contributed by atoms with Crippen LogP contribution in [0.3, 0.4) is 0 Å². The Labute approximate surface area is 176 Å². The van der Waals surface area contributed by atoms with Crippen molar-refractivity contribution in [3.8, 4) is 0 Å². The number of carbonyl (C=O) groups excluding carboxylic acids is 4. The Morgan fingerprint density at radius 1 is 0.567 bits per heavy atom. The predicted molar refractivity (Wildman–Crippen MR) is 110 cm³/mol. The lowest BCUT2D eigenvalue weighted by atomic mass is 9.86. The average Bonchev–Trinajstić information content (AvgIpc) is 3.45. The second-order valence-corrected chi connectivity index (χ2v) is 8.34. The van der Waals surface area contributed by atoms with E-state index in [9.17, 15) is 19.2 Å². The maximum atomic E-state index is 13.1. The van der Waals surface area contributed by atoms with E-state index >= 15 is 0 Å². The molecule has 0 aliphatic carbocycles. The highest BCUT2D eigenvalue weighted by Crippen LogP contribution is 2.40. The fourth-order valence-corrected chi connectivity index (χ4v) is 5.15. The zero-order chi connectivity index (χ0) is 20.6. The second kappa shape index (κ2) is 5.88. The Hall–Kier alpha value is -3.76. The maximum Gasteiger partial charge on any atom is 0.267 e. The summed E-state index contributed by atoms with van der Waals surface area (Å²) in [5.74, 6) is -2.14. The summed E-state index contributed by atoms with van der Waals surface area (Å²) in [6.45, 7) is 0. The number of benzene rings is 2. The van der Waals surface area contributed by atoms with Crippen molar-refractivity contribution < 1.29 is 19.2 Å². The Morgan fingerprint density at radius 3 is 1.17 bits per heavy atom. The topological polar surface area (TPSA) is 101 Å². The number of amides is 4. The first-order valence-corrected chi connectivity index (χ1v) is 10.5. The van der Waals surface area contributed by atoms with Gasteiger partial charge in [-0.15, -0.1) is 22.7 Å². The molecule has 2 aliphatic rings. The minimum Gasteiger partial charge on any atom is -0.268 e. The third kappa shape index (κ3) is 2.03. The summed E-state index contributed by atoms with van der Waals surface area (Å²) in [5.41, 5.74) is 1.01. The highest BCUT2D eigenvalue weighted by molar-refractivity contribution is 7.14. The van der Waals surface area contributed by atoms with Crippen molar-refractivity contribution in [3.05, 3.63) is 69.7 Å². The summed E-state index contributed by atoms with van der Waals surface area (Å²) in [4.78, 5) is 62.8. The third-order valence-electron chi connectivity index (χ3n) is 5.12. The van der Waals surface area contributed by atoms with Crippen LogP contribution in [0.25, 0.3) is 10.8 Å². The molecule has 4 heterocycles. The Bertz CT molecular complexity index is 1250. The van der Waals surface area contributed by atoms with Crippen molar-refractivity contribution in [1.29, 1.82) is 0 Å². The number of hydrogen-bond donors (Lipinski definition) is 0. The molecule has 2 aromatic carbocycles. The average molecular weight is 432 g/mol. The predicted octanol–water partition coefficient (Wildman–Crippen LogP) is 3.35. The Kier molecular flexibility index (Phi) is 3.35. The highest BCUT2D eigenvalue weighted by atomic mass is 32.1. The van der Waals surface area contributed by atoms with E-state index < -0.39 is 23.6 Å². The van der Waals surface area contributed by atoms with E-state index in [0.717, 1.165) is 9.80 Å². The zero-order valence-corrected chi connectivity index (χ0v) is 16.5. The van der Waals surface area contributed by atoms with Crippen molar-refractivity contribution in [1.82, 2.24) is 9.97 Å². The molecular formula is C20H8N4O4S2.